The molecular formula is C62H119NO10. The molecule has 0 bridgehead atoms. The second-order valence-corrected chi connectivity index (χ2v) is 22.2. The van der Waals surface area contributed by atoms with Gasteiger partial charge in [-0.15, -0.1) is 0 Å². The quantitative estimate of drug-likeness (QED) is 0.0195. The molecule has 0 aromatic carbocycles. The maximum Gasteiger partial charge on any atom is 0.306 e. The third kappa shape index (κ3) is 39.4. The topological polar surface area (TPSA) is 175 Å². The lowest BCUT2D eigenvalue weighted by molar-refractivity contribution is -0.305. The van der Waals surface area contributed by atoms with Crippen LogP contribution in [0.15, 0.2) is 12.2 Å². The van der Waals surface area contributed by atoms with Gasteiger partial charge in [0, 0.05) is 6.42 Å². The second kappa shape index (κ2) is 51.2. The fourth-order valence-electron chi connectivity index (χ4n) is 10.2. The van der Waals surface area contributed by atoms with Crippen LogP contribution in [0.25, 0.3) is 0 Å². The monoisotopic (exact) mass is 1040 g/mol. The summed E-state index contributed by atoms with van der Waals surface area (Å²) in [5.74, 6) is -1.18. The molecule has 0 spiro atoms. The van der Waals surface area contributed by atoms with Gasteiger partial charge in [-0.05, 0) is 25.7 Å². The van der Waals surface area contributed by atoms with Crippen molar-refractivity contribution in [1.29, 1.82) is 0 Å². The number of esters is 1. The van der Waals surface area contributed by atoms with E-state index in [-0.39, 0.29) is 13.0 Å². The molecule has 1 rings (SSSR count). The van der Waals surface area contributed by atoms with Crippen LogP contribution in [-0.2, 0) is 23.8 Å². The Balaban J connectivity index is 2.64. The molecule has 11 nitrogen and oxygen atoms in total. The number of ether oxygens (including phenoxy) is 3. The molecule has 0 saturated carbocycles. The molecule has 1 aliphatic rings. The Kier molecular flexibility index (Phi) is 48.7. The van der Waals surface area contributed by atoms with E-state index in [1.807, 2.05) is 6.08 Å². The van der Waals surface area contributed by atoms with Gasteiger partial charge in [-0.25, -0.2) is 0 Å². The maximum absolute atomic E-state index is 13.4. The van der Waals surface area contributed by atoms with Gasteiger partial charge in [-0.1, -0.05) is 290 Å². The van der Waals surface area contributed by atoms with E-state index in [0.717, 1.165) is 57.8 Å². The zero-order valence-corrected chi connectivity index (χ0v) is 47.8. The molecule has 8 unspecified atom stereocenters. The highest BCUT2D eigenvalue weighted by Gasteiger charge is 2.47. The molecule has 1 amide bonds. The number of carbonyl (C=O) groups is 2. The van der Waals surface area contributed by atoms with E-state index < -0.39 is 67.4 Å². The van der Waals surface area contributed by atoms with Crippen molar-refractivity contribution in [2.24, 2.45) is 0 Å². The second-order valence-electron chi connectivity index (χ2n) is 22.2. The average molecular weight is 1040 g/mol. The van der Waals surface area contributed by atoms with Crippen LogP contribution in [0.2, 0.25) is 0 Å². The smallest absolute Gasteiger partial charge is 0.306 e. The van der Waals surface area contributed by atoms with Gasteiger partial charge in [0.05, 0.1) is 25.4 Å². The number of amides is 1. The van der Waals surface area contributed by atoms with E-state index in [0.29, 0.717) is 19.3 Å². The van der Waals surface area contributed by atoms with Crippen LogP contribution in [0, 0.1) is 0 Å². The summed E-state index contributed by atoms with van der Waals surface area (Å²) in [6.07, 6.45) is 46.8. The first-order valence-corrected chi connectivity index (χ1v) is 31.5. The number of unbranched alkanes of at least 4 members (excludes halogenated alkanes) is 40. The molecule has 0 aliphatic carbocycles. The standard InChI is InChI=1S/C62H119NO10/c1-4-7-10-13-16-19-22-25-26-27-28-29-30-32-35-38-41-44-47-50-57(67)73-60-59(69)58(68)56(51-64)72-62(60)71-52-53(54(65)48-45-42-39-36-33-24-21-18-15-12-9-6-3)63-61(70)55(66)49-46-43-40-37-34-31-23-20-17-14-11-8-5-2/h45,48,53-56,58-60,62,64-66,68-69H,4-44,46-47,49-52H2,1-3H3,(H,63,70)/b48-45+. The molecule has 1 fully saturated rings. The van der Waals surface area contributed by atoms with Crippen LogP contribution in [0.1, 0.15) is 310 Å². The summed E-state index contributed by atoms with van der Waals surface area (Å²) in [5, 5.41) is 56.9. The van der Waals surface area contributed by atoms with Crippen LogP contribution in [0.4, 0.5) is 0 Å². The van der Waals surface area contributed by atoms with E-state index in [1.54, 1.807) is 6.08 Å². The van der Waals surface area contributed by atoms with Gasteiger partial charge in [-0.3, -0.25) is 9.59 Å². The van der Waals surface area contributed by atoms with Crippen LogP contribution in [0.5, 0.6) is 0 Å². The highest BCUT2D eigenvalue weighted by Crippen LogP contribution is 2.26. The first-order valence-electron chi connectivity index (χ1n) is 31.5. The summed E-state index contributed by atoms with van der Waals surface area (Å²) in [5.41, 5.74) is 0. The SMILES string of the molecule is CCCCCCCCCCCC/C=C/C(O)C(COC1OC(CO)C(O)C(O)C1OC(=O)CCCCCCCCCCCCCCCCCCCCC)NC(=O)C(O)CCCCCCCCCCCCCCC. The van der Waals surface area contributed by atoms with Crippen molar-refractivity contribution in [3.63, 3.8) is 0 Å². The third-order valence-corrected chi connectivity index (χ3v) is 15.2. The molecule has 6 N–H and O–H groups in total. The zero-order valence-electron chi connectivity index (χ0n) is 47.8. The molecule has 0 aromatic rings. The molecule has 1 heterocycles. The van der Waals surface area contributed by atoms with E-state index in [2.05, 4.69) is 26.1 Å². The fourth-order valence-corrected chi connectivity index (χ4v) is 10.2. The Morgan fingerprint density at radius 2 is 0.890 bits per heavy atom. The molecular weight excluding hydrogens is 919 g/mol. The third-order valence-electron chi connectivity index (χ3n) is 15.2. The van der Waals surface area contributed by atoms with Crippen molar-refractivity contribution >= 4 is 11.9 Å². The summed E-state index contributed by atoms with van der Waals surface area (Å²) in [6, 6.07) is -1.01. The van der Waals surface area contributed by atoms with Crippen molar-refractivity contribution in [2.45, 2.75) is 359 Å². The lowest BCUT2D eigenvalue weighted by atomic mass is 9.99. The first kappa shape index (κ1) is 69.4. The lowest BCUT2D eigenvalue weighted by Gasteiger charge is -2.41. The van der Waals surface area contributed by atoms with E-state index in [1.165, 1.54) is 205 Å². The summed E-state index contributed by atoms with van der Waals surface area (Å²) in [7, 11) is 0. The fraction of sp³-hybridized carbons (Fsp3) is 0.935. The van der Waals surface area contributed by atoms with Crippen molar-refractivity contribution in [3.8, 4) is 0 Å². The predicted octanol–water partition coefficient (Wildman–Crippen LogP) is 14.7. The highest BCUT2D eigenvalue weighted by molar-refractivity contribution is 5.80. The van der Waals surface area contributed by atoms with Crippen molar-refractivity contribution in [1.82, 2.24) is 5.32 Å². The van der Waals surface area contributed by atoms with Gasteiger partial charge in [-0.2, -0.15) is 0 Å². The molecule has 73 heavy (non-hydrogen) atoms. The first-order chi connectivity index (χ1) is 35.7. The molecule has 0 aromatic heterocycles. The van der Waals surface area contributed by atoms with Crippen molar-refractivity contribution in [2.75, 3.05) is 13.2 Å². The number of rotatable bonds is 54. The lowest BCUT2D eigenvalue weighted by Crippen LogP contribution is -2.61. The number of hydrogen-bond acceptors (Lipinski definition) is 10. The summed E-state index contributed by atoms with van der Waals surface area (Å²) in [6.45, 7) is 5.82. The van der Waals surface area contributed by atoms with Gasteiger partial charge >= 0.3 is 5.97 Å². The van der Waals surface area contributed by atoms with Crippen LogP contribution in [-0.4, -0.2) is 99.6 Å². The van der Waals surface area contributed by atoms with Gasteiger partial charge in [0.1, 0.15) is 24.4 Å². The molecule has 432 valence electrons. The summed E-state index contributed by atoms with van der Waals surface area (Å²) in [4.78, 5) is 26.5. The summed E-state index contributed by atoms with van der Waals surface area (Å²) < 4.78 is 17.6. The normalized spacial score (nSPS) is 19.4. The average Bonchev–Trinajstić information content (AvgIpc) is 3.39. The van der Waals surface area contributed by atoms with E-state index >= 15 is 0 Å². The van der Waals surface area contributed by atoms with Crippen LogP contribution in [0.3, 0.4) is 0 Å². The molecule has 0 radical (unpaired) electrons. The van der Waals surface area contributed by atoms with Gasteiger partial charge in [0.15, 0.2) is 12.4 Å². The highest BCUT2D eigenvalue weighted by atomic mass is 16.7. The number of aliphatic hydroxyl groups is 5. The maximum atomic E-state index is 13.4. The number of hydrogen-bond donors (Lipinski definition) is 6. The molecule has 1 saturated heterocycles. The Bertz CT molecular complexity index is 1240. The minimum Gasteiger partial charge on any atom is -0.454 e. The van der Waals surface area contributed by atoms with E-state index in [9.17, 15) is 35.1 Å². The molecule has 1 aliphatic heterocycles. The number of allylic oxidation sites excluding steroid dienone is 1. The Labute approximate surface area is 448 Å². The minimum atomic E-state index is -1.61. The number of carbonyl (C=O) groups excluding carboxylic acids is 2. The minimum absolute atomic E-state index is 0.132. The van der Waals surface area contributed by atoms with Gasteiger partial charge < -0.3 is 45.1 Å². The predicted molar refractivity (Wildman–Crippen MR) is 301 cm³/mol. The summed E-state index contributed by atoms with van der Waals surface area (Å²) >= 11 is 0. The molecule has 8 atom stereocenters. The number of aliphatic hydroxyl groups excluding tert-OH is 5. The van der Waals surface area contributed by atoms with Gasteiger partial charge in [0.25, 0.3) is 0 Å². The van der Waals surface area contributed by atoms with Crippen molar-refractivity contribution < 1.29 is 49.3 Å². The van der Waals surface area contributed by atoms with Gasteiger partial charge in [0.2, 0.25) is 5.91 Å². The van der Waals surface area contributed by atoms with Crippen LogP contribution >= 0.6 is 0 Å². The van der Waals surface area contributed by atoms with Crippen molar-refractivity contribution in [3.05, 3.63) is 12.2 Å². The largest absolute Gasteiger partial charge is 0.454 e. The number of nitrogens with one attached hydrogen (secondary N) is 1. The molecule has 11 heteroatoms. The van der Waals surface area contributed by atoms with E-state index in [4.69, 9.17) is 14.2 Å². The Hall–Kier alpha value is -1.60. The Morgan fingerprint density at radius 3 is 1.29 bits per heavy atom. The zero-order chi connectivity index (χ0) is 53.3. The van der Waals surface area contributed by atoms with Crippen LogP contribution < -0.4 is 5.32 Å². The Morgan fingerprint density at radius 1 is 0.521 bits per heavy atom.